The van der Waals surface area contributed by atoms with E-state index in [1.165, 1.54) is 15.9 Å². The van der Waals surface area contributed by atoms with Gasteiger partial charge in [0.2, 0.25) is 0 Å². The molecule has 0 atom stereocenters. The van der Waals surface area contributed by atoms with Crippen LogP contribution < -0.4 is 0 Å². The Labute approximate surface area is 116 Å². The number of rotatable bonds is 3. The molecule has 2 heterocycles. The van der Waals surface area contributed by atoms with Crippen molar-refractivity contribution in [3.05, 3.63) is 39.1 Å². The minimum Gasteiger partial charge on any atom is -0.478 e. The number of aromatic nitrogens is 2. The zero-order valence-corrected chi connectivity index (χ0v) is 11.5. The molecule has 0 spiro atoms. The van der Waals surface area contributed by atoms with Gasteiger partial charge in [0, 0.05) is 17.3 Å². The van der Waals surface area contributed by atoms with Crippen molar-refractivity contribution < 1.29 is 23.1 Å². The number of aromatic carboxylic acids is 1. The van der Waals surface area contributed by atoms with Gasteiger partial charge in [-0.2, -0.15) is 13.2 Å². The topological polar surface area (TPSA) is 55.1 Å². The second-order valence-corrected chi connectivity index (χ2v) is 5.60. The number of nitrogens with zero attached hydrogens (tertiary/aromatic N) is 2. The molecule has 0 aliphatic rings. The lowest BCUT2D eigenvalue weighted by Gasteiger charge is -2.04. The number of carbonyl (C=O) groups is 1. The molecule has 0 aromatic carbocycles. The molecule has 8 heteroatoms. The average molecular weight is 304 g/mol. The predicted molar refractivity (Wildman–Crippen MR) is 67.1 cm³/mol. The van der Waals surface area contributed by atoms with Crippen LogP contribution in [0.3, 0.4) is 0 Å². The Morgan fingerprint density at radius 3 is 2.45 bits per heavy atom. The van der Waals surface area contributed by atoms with Crippen LogP contribution in [0.15, 0.2) is 12.4 Å². The van der Waals surface area contributed by atoms with Crippen molar-refractivity contribution in [3.63, 3.8) is 0 Å². The molecular formula is C12H11F3N2O2S. The van der Waals surface area contributed by atoms with Gasteiger partial charge < -0.3 is 9.67 Å². The molecule has 2 aromatic heterocycles. The number of hydrogen-bond donors (Lipinski definition) is 1. The maximum Gasteiger partial charge on any atom is 0.418 e. The molecule has 108 valence electrons. The summed E-state index contributed by atoms with van der Waals surface area (Å²) in [7, 11) is 0. The lowest BCUT2D eigenvalue weighted by molar-refractivity contribution is -0.138. The number of halogens is 3. The third-order valence-electron chi connectivity index (χ3n) is 2.81. The maximum atomic E-state index is 12.7. The third kappa shape index (κ3) is 2.84. The van der Waals surface area contributed by atoms with E-state index in [-0.39, 0.29) is 6.54 Å². The first-order chi connectivity index (χ1) is 9.18. The summed E-state index contributed by atoms with van der Waals surface area (Å²) in [5.41, 5.74) is -1.07. The molecule has 0 amide bonds. The molecule has 4 nitrogen and oxygen atoms in total. The van der Waals surface area contributed by atoms with Crippen molar-refractivity contribution in [2.24, 2.45) is 0 Å². The van der Waals surface area contributed by atoms with Gasteiger partial charge in [-0.1, -0.05) is 0 Å². The molecule has 0 bridgehead atoms. The summed E-state index contributed by atoms with van der Waals surface area (Å²) in [5, 5.41) is 9.47. The van der Waals surface area contributed by atoms with Crippen LogP contribution in [-0.2, 0) is 12.7 Å². The summed E-state index contributed by atoms with van der Waals surface area (Å²) in [6.45, 7) is 3.81. The number of aryl methyl sites for hydroxylation is 2. The maximum absolute atomic E-state index is 12.7. The second kappa shape index (κ2) is 4.93. The number of carboxylic acid groups (broad SMARTS) is 1. The van der Waals surface area contributed by atoms with Crippen molar-refractivity contribution in [2.75, 3.05) is 0 Å². The normalized spacial score (nSPS) is 11.8. The number of hydrogen-bond acceptors (Lipinski definition) is 3. The molecule has 0 radical (unpaired) electrons. The van der Waals surface area contributed by atoms with Crippen molar-refractivity contribution in [1.82, 2.24) is 9.55 Å². The van der Waals surface area contributed by atoms with E-state index in [9.17, 15) is 18.0 Å². The highest BCUT2D eigenvalue weighted by molar-refractivity contribution is 7.11. The van der Waals surface area contributed by atoms with E-state index in [0.29, 0.717) is 5.01 Å². The smallest absolute Gasteiger partial charge is 0.418 e. The van der Waals surface area contributed by atoms with Crippen LogP contribution in [-0.4, -0.2) is 20.6 Å². The molecule has 2 rings (SSSR count). The van der Waals surface area contributed by atoms with Crippen molar-refractivity contribution in [3.8, 4) is 0 Å². The van der Waals surface area contributed by atoms with E-state index < -0.39 is 23.3 Å². The Bertz CT molecular complexity index is 639. The van der Waals surface area contributed by atoms with Crippen LogP contribution in [0.4, 0.5) is 13.2 Å². The Morgan fingerprint density at radius 1 is 1.40 bits per heavy atom. The molecule has 0 unspecified atom stereocenters. The Kier molecular flexibility index (Phi) is 3.59. The first kappa shape index (κ1) is 14.6. The molecule has 0 saturated heterocycles. The summed E-state index contributed by atoms with van der Waals surface area (Å²) in [6.07, 6.45) is -2.90. The average Bonchev–Trinajstić information content (AvgIpc) is 2.84. The Morgan fingerprint density at radius 2 is 2.05 bits per heavy atom. The summed E-state index contributed by atoms with van der Waals surface area (Å²) in [4.78, 5) is 16.1. The highest BCUT2D eigenvalue weighted by atomic mass is 32.1. The van der Waals surface area contributed by atoms with Gasteiger partial charge in [0.15, 0.2) is 0 Å². The molecule has 0 aliphatic carbocycles. The van der Waals surface area contributed by atoms with Gasteiger partial charge in [-0.05, 0) is 13.8 Å². The van der Waals surface area contributed by atoms with Gasteiger partial charge >= 0.3 is 12.1 Å². The van der Waals surface area contributed by atoms with Crippen LogP contribution >= 0.6 is 11.3 Å². The standard InChI is InChI=1S/C12H11F3N2O2S/c1-6-7(2)20-10(16-6)5-17-3-8(11(18)19)9(4-17)12(13,14)15/h3-4H,5H2,1-2H3,(H,18,19). The van der Waals surface area contributed by atoms with Crippen LogP contribution in [0.5, 0.6) is 0 Å². The first-order valence-electron chi connectivity index (χ1n) is 5.61. The van der Waals surface area contributed by atoms with Crippen LogP contribution in [0, 0.1) is 13.8 Å². The molecule has 20 heavy (non-hydrogen) atoms. The zero-order chi connectivity index (χ0) is 15.1. The van der Waals surface area contributed by atoms with Crippen LogP contribution in [0.2, 0.25) is 0 Å². The molecule has 1 N–H and O–H groups in total. The SMILES string of the molecule is Cc1nc(Cn2cc(C(=O)O)c(C(F)(F)F)c2)sc1C. The monoisotopic (exact) mass is 304 g/mol. The Hall–Kier alpha value is -1.83. The lowest BCUT2D eigenvalue weighted by atomic mass is 10.2. The molecule has 0 aliphatic heterocycles. The van der Waals surface area contributed by atoms with E-state index in [1.54, 1.807) is 0 Å². The van der Waals surface area contributed by atoms with E-state index in [4.69, 9.17) is 5.11 Å². The van der Waals surface area contributed by atoms with E-state index >= 15 is 0 Å². The highest BCUT2D eigenvalue weighted by Gasteiger charge is 2.37. The fourth-order valence-corrected chi connectivity index (χ4v) is 2.70. The van der Waals surface area contributed by atoms with Gasteiger partial charge in [-0.25, -0.2) is 9.78 Å². The van der Waals surface area contributed by atoms with Gasteiger partial charge in [0.25, 0.3) is 0 Å². The van der Waals surface area contributed by atoms with E-state index in [1.807, 2.05) is 13.8 Å². The van der Waals surface area contributed by atoms with E-state index in [2.05, 4.69) is 4.98 Å². The first-order valence-corrected chi connectivity index (χ1v) is 6.43. The zero-order valence-electron chi connectivity index (χ0n) is 10.7. The summed E-state index contributed by atoms with van der Waals surface area (Å²) in [5.74, 6) is -1.59. The summed E-state index contributed by atoms with van der Waals surface area (Å²) in [6, 6.07) is 0. The van der Waals surface area contributed by atoms with Crippen molar-refractivity contribution >= 4 is 17.3 Å². The molecule has 0 fully saturated rings. The third-order valence-corrected chi connectivity index (χ3v) is 3.86. The molecule has 2 aromatic rings. The molecule has 0 saturated carbocycles. The summed E-state index contributed by atoms with van der Waals surface area (Å²) >= 11 is 1.38. The number of thiazole rings is 1. The van der Waals surface area contributed by atoms with Gasteiger partial charge in [0.05, 0.1) is 23.4 Å². The number of carboxylic acids is 1. The van der Waals surface area contributed by atoms with Crippen molar-refractivity contribution in [2.45, 2.75) is 26.6 Å². The van der Waals surface area contributed by atoms with Gasteiger partial charge in [-0.15, -0.1) is 11.3 Å². The Balaban J connectivity index is 2.36. The largest absolute Gasteiger partial charge is 0.478 e. The van der Waals surface area contributed by atoms with E-state index in [0.717, 1.165) is 23.0 Å². The quantitative estimate of drug-likeness (QED) is 0.946. The van der Waals surface area contributed by atoms with Gasteiger partial charge in [0.1, 0.15) is 5.01 Å². The van der Waals surface area contributed by atoms with Gasteiger partial charge in [-0.3, -0.25) is 0 Å². The number of alkyl halides is 3. The minimum atomic E-state index is -4.69. The van der Waals surface area contributed by atoms with Crippen molar-refractivity contribution in [1.29, 1.82) is 0 Å². The molecular weight excluding hydrogens is 293 g/mol. The van der Waals surface area contributed by atoms with Crippen LogP contribution in [0.25, 0.3) is 0 Å². The fourth-order valence-electron chi connectivity index (χ4n) is 1.76. The second-order valence-electron chi connectivity index (χ2n) is 4.31. The predicted octanol–water partition coefficient (Wildman–Crippen LogP) is 3.33. The minimum absolute atomic E-state index is 0.121. The van der Waals surface area contributed by atoms with Crippen LogP contribution in [0.1, 0.15) is 31.5 Å². The lowest BCUT2D eigenvalue weighted by Crippen LogP contribution is -2.09. The fraction of sp³-hybridized carbons (Fsp3) is 0.333. The highest BCUT2D eigenvalue weighted by Crippen LogP contribution is 2.33. The summed E-state index contributed by atoms with van der Waals surface area (Å²) < 4.78 is 39.4.